The molecule has 2 heterocycles. The van der Waals surface area contributed by atoms with Gasteiger partial charge >= 0.3 is 0 Å². The first kappa shape index (κ1) is 12.6. The van der Waals surface area contributed by atoms with Gasteiger partial charge in [-0.05, 0) is 33.9 Å². The van der Waals surface area contributed by atoms with Crippen molar-refractivity contribution < 1.29 is 0 Å². The number of hydrogen-bond donors (Lipinski definition) is 1. The van der Waals surface area contributed by atoms with Crippen molar-refractivity contribution in [3.05, 3.63) is 41.3 Å². The second kappa shape index (κ2) is 5.21. The highest BCUT2D eigenvalue weighted by Gasteiger charge is 2.16. The highest BCUT2D eigenvalue weighted by Crippen LogP contribution is 2.33. The van der Waals surface area contributed by atoms with Gasteiger partial charge in [-0.2, -0.15) is 0 Å². The number of nitrogens with one attached hydrogen (secondary N) is 1. The molecule has 0 aliphatic carbocycles. The Balaban J connectivity index is 0.00000108. The Morgan fingerprint density at radius 1 is 1.29 bits per heavy atom. The fraction of sp³-hybridized carbons (Fsp3) is 0.286. The quantitative estimate of drug-likeness (QED) is 0.823. The number of halogens is 1. The molecule has 1 atom stereocenters. The summed E-state index contributed by atoms with van der Waals surface area (Å²) in [5, 5.41) is 6.95. The fourth-order valence-corrected chi connectivity index (χ4v) is 3.32. The molecule has 0 spiro atoms. The van der Waals surface area contributed by atoms with Crippen LogP contribution in [0, 0.1) is 5.92 Å². The van der Waals surface area contributed by atoms with E-state index in [1.54, 1.807) is 0 Å². The summed E-state index contributed by atoms with van der Waals surface area (Å²) in [5.74, 6) is 0.612. The van der Waals surface area contributed by atoms with Crippen LogP contribution in [0.3, 0.4) is 0 Å². The van der Waals surface area contributed by atoms with Crippen LogP contribution in [0.4, 0.5) is 0 Å². The molecule has 0 saturated carbocycles. The van der Waals surface area contributed by atoms with E-state index in [4.69, 9.17) is 0 Å². The monoisotopic (exact) mass is 265 g/mol. The highest BCUT2D eigenvalue weighted by atomic mass is 35.5. The minimum atomic E-state index is 0. The average molecular weight is 266 g/mol. The molecule has 3 rings (SSSR count). The summed E-state index contributed by atoms with van der Waals surface area (Å²) in [6.07, 6.45) is 2.34. The van der Waals surface area contributed by atoms with E-state index in [9.17, 15) is 0 Å². The second-order valence-corrected chi connectivity index (χ2v) is 5.28. The van der Waals surface area contributed by atoms with Crippen LogP contribution in [0.1, 0.15) is 12.5 Å². The first-order chi connectivity index (χ1) is 7.86. The number of thiophene rings is 1. The van der Waals surface area contributed by atoms with Crippen LogP contribution in [0.15, 0.2) is 35.7 Å². The molecule has 0 bridgehead atoms. The van der Waals surface area contributed by atoms with Gasteiger partial charge in [-0.1, -0.05) is 31.2 Å². The van der Waals surface area contributed by atoms with Crippen molar-refractivity contribution in [2.45, 2.75) is 6.92 Å². The Kier molecular flexibility index (Phi) is 3.87. The van der Waals surface area contributed by atoms with E-state index in [1.807, 2.05) is 11.3 Å². The molecule has 1 nitrogen and oxygen atoms in total. The lowest BCUT2D eigenvalue weighted by Crippen LogP contribution is -2.26. The summed E-state index contributed by atoms with van der Waals surface area (Å²) in [5.41, 5.74) is 2.94. The Morgan fingerprint density at radius 3 is 3.00 bits per heavy atom. The van der Waals surface area contributed by atoms with E-state index in [1.165, 1.54) is 21.2 Å². The summed E-state index contributed by atoms with van der Waals surface area (Å²) in [6.45, 7) is 4.39. The van der Waals surface area contributed by atoms with Gasteiger partial charge in [0, 0.05) is 17.8 Å². The van der Waals surface area contributed by atoms with Gasteiger partial charge in [0.1, 0.15) is 0 Å². The molecule has 2 aromatic rings. The molecular formula is C14H16ClNS. The Morgan fingerprint density at radius 2 is 2.18 bits per heavy atom. The first-order valence-electron chi connectivity index (χ1n) is 5.73. The van der Waals surface area contributed by atoms with Crippen LogP contribution in [0.5, 0.6) is 0 Å². The SMILES string of the molecule is CC1CNCC=C1c1cccc2ccsc12.Cl. The largest absolute Gasteiger partial charge is 0.313 e. The second-order valence-electron chi connectivity index (χ2n) is 4.36. The van der Waals surface area contributed by atoms with Crippen LogP contribution in [0.25, 0.3) is 15.7 Å². The molecule has 1 unspecified atom stereocenters. The predicted octanol–water partition coefficient (Wildman–Crippen LogP) is 3.95. The van der Waals surface area contributed by atoms with Crippen molar-refractivity contribution >= 4 is 39.4 Å². The molecule has 17 heavy (non-hydrogen) atoms. The molecule has 1 N–H and O–H groups in total. The molecule has 0 fully saturated rings. The van der Waals surface area contributed by atoms with Gasteiger partial charge in [0.2, 0.25) is 0 Å². The first-order valence-corrected chi connectivity index (χ1v) is 6.61. The zero-order valence-electron chi connectivity index (χ0n) is 9.77. The topological polar surface area (TPSA) is 12.0 Å². The van der Waals surface area contributed by atoms with Gasteiger partial charge in [-0.25, -0.2) is 0 Å². The van der Waals surface area contributed by atoms with Gasteiger partial charge in [0.15, 0.2) is 0 Å². The average Bonchev–Trinajstić information content (AvgIpc) is 2.77. The normalized spacial score (nSPS) is 19.8. The van der Waals surface area contributed by atoms with Gasteiger partial charge < -0.3 is 5.32 Å². The van der Waals surface area contributed by atoms with Crippen molar-refractivity contribution in [3.8, 4) is 0 Å². The van der Waals surface area contributed by atoms with Crippen molar-refractivity contribution in [1.29, 1.82) is 0 Å². The number of benzene rings is 1. The zero-order chi connectivity index (χ0) is 11.0. The highest BCUT2D eigenvalue weighted by molar-refractivity contribution is 7.17. The third-order valence-corrected chi connectivity index (χ3v) is 4.20. The maximum Gasteiger partial charge on any atom is 0.0417 e. The summed E-state index contributed by atoms with van der Waals surface area (Å²) in [6, 6.07) is 8.82. The summed E-state index contributed by atoms with van der Waals surface area (Å²) in [7, 11) is 0. The maximum absolute atomic E-state index is 3.40. The van der Waals surface area contributed by atoms with Crippen molar-refractivity contribution in [3.63, 3.8) is 0 Å². The van der Waals surface area contributed by atoms with E-state index < -0.39 is 0 Å². The molecule has 1 aromatic heterocycles. The lowest BCUT2D eigenvalue weighted by molar-refractivity contribution is 0.615. The Hall–Kier alpha value is -0.830. The van der Waals surface area contributed by atoms with E-state index in [-0.39, 0.29) is 12.4 Å². The minimum Gasteiger partial charge on any atom is -0.313 e. The minimum absolute atomic E-state index is 0. The van der Waals surface area contributed by atoms with E-state index >= 15 is 0 Å². The number of hydrogen-bond acceptors (Lipinski definition) is 2. The number of fused-ring (bicyclic) bond motifs is 1. The molecular weight excluding hydrogens is 250 g/mol. The lowest BCUT2D eigenvalue weighted by Gasteiger charge is -2.22. The smallest absolute Gasteiger partial charge is 0.0417 e. The fourth-order valence-electron chi connectivity index (χ4n) is 2.39. The van der Waals surface area contributed by atoms with Crippen LogP contribution < -0.4 is 5.32 Å². The van der Waals surface area contributed by atoms with Crippen molar-refractivity contribution in [2.24, 2.45) is 5.92 Å². The van der Waals surface area contributed by atoms with Crippen molar-refractivity contribution in [2.75, 3.05) is 13.1 Å². The Labute approximate surface area is 112 Å². The van der Waals surface area contributed by atoms with Crippen molar-refractivity contribution in [1.82, 2.24) is 5.32 Å². The van der Waals surface area contributed by atoms with Gasteiger partial charge in [-0.3, -0.25) is 0 Å². The maximum atomic E-state index is 3.40. The molecule has 3 heteroatoms. The van der Waals surface area contributed by atoms with Crippen LogP contribution in [-0.4, -0.2) is 13.1 Å². The standard InChI is InChI=1S/C14H15NS.ClH/c1-10-9-15-7-5-12(10)13-4-2-3-11-6-8-16-14(11)13;/h2-6,8,10,15H,7,9H2,1H3;1H. The molecule has 1 aliphatic heterocycles. The van der Waals surface area contributed by atoms with Crippen LogP contribution in [0.2, 0.25) is 0 Å². The molecule has 0 amide bonds. The summed E-state index contributed by atoms with van der Waals surface area (Å²) < 4.78 is 1.43. The zero-order valence-corrected chi connectivity index (χ0v) is 11.4. The molecule has 1 aliphatic rings. The third kappa shape index (κ3) is 2.25. The summed E-state index contributed by atoms with van der Waals surface area (Å²) in [4.78, 5) is 0. The lowest BCUT2D eigenvalue weighted by atomic mass is 9.91. The third-order valence-electron chi connectivity index (χ3n) is 3.24. The van der Waals surface area contributed by atoms with Gasteiger partial charge in [0.05, 0.1) is 0 Å². The summed E-state index contributed by atoms with van der Waals surface area (Å²) >= 11 is 1.85. The number of rotatable bonds is 1. The molecule has 1 aromatic carbocycles. The van der Waals surface area contributed by atoms with E-state index in [0.717, 1.165) is 13.1 Å². The Bertz CT molecular complexity index is 544. The van der Waals surface area contributed by atoms with Gasteiger partial charge in [-0.15, -0.1) is 23.7 Å². The molecule has 90 valence electrons. The molecule has 0 saturated heterocycles. The van der Waals surface area contributed by atoms with E-state index in [0.29, 0.717) is 5.92 Å². The van der Waals surface area contributed by atoms with E-state index in [2.05, 4.69) is 48.0 Å². The van der Waals surface area contributed by atoms with Crippen LogP contribution >= 0.6 is 23.7 Å². The van der Waals surface area contributed by atoms with Gasteiger partial charge in [0.25, 0.3) is 0 Å². The van der Waals surface area contributed by atoms with Crippen LogP contribution in [-0.2, 0) is 0 Å². The predicted molar refractivity (Wildman–Crippen MR) is 79.1 cm³/mol. The molecule has 0 radical (unpaired) electrons.